The molecule has 1 amide bonds. The van der Waals surface area contributed by atoms with Crippen molar-refractivity contribution in [3.05, 3.63) is 71.8 Å². The van der Waals surface area contributed by atoms with Gasteiger partial charge in [0.05, 0.1) is 36.1 Å². The molecule has 1 N–H and O–H groups in total. The first-order valence-electron chi connectivity index (χ1n) is 11.8. The lowest BCUT2D eigenvalue weighted by Crippen LogP contribution is -2.25. The molecule has 1 aromatic heterocycles. The van der Waals surface area contributed by atoms with Crippen LogP contribution in [0.1, 0.15) is 17.2 Å². The predicted molar refractivity (Wildman–Crippen MR) is 146 cm³/mol. The largest absolute Gasteiger partial charge is 0.493 e. The monoisotopic (exact) mass is 532 g/mol. The summed E-state index contributed by atoms with van der Waals surface area (Å²) in [4.78, 5) is 20.0. The van der Waals surface area contributed by atoms with Crippen LogP contribution in [-0.2, 0) is 4.79 Å². The van der Waals surface area contributed by atoms with Gasteiger partial charge in [0.15, 0.2) is 16.6 Å². The third kappa shape index (κ3) is 6.51. The van der Waals surface area contributed by atoms with E-state index in [1.54, 1.807) is 68.8 Å². The van der Waals surface area contributed by atoms with Gasteiger partial charge < -0.3 is 23.8 Å². The van der Waals surface area contributed by atoms with Crippen molar-refractivity contribution in [3.8, 4) is 29.1 Å². The number of methoxy groups -OCH3 is 2. The molecule has 0 aliphatic heterocycles. The number of thiazole rings is 1. The summed E-state index contributed by atoms with van der Waals surface area (Å²) in [6.45, 7) is 1.36. The average Bonchev–Trinajstić information content (AvgIpc) is 3.32. The molecular formula is C28H28N4O5S. The zero-order valence-electron chi connectivity index (χ0n) is 21.6. The molecule has 9 nitrogen and oxygen atoms in total. The highest BCUT2D eigenvalue weighted by atomic mass is 32.1. The van der Waals surface area contributed by atoms with Crippen LogP contribution in [0.3, 0.4) is 0 Å². The van der Waals surface area contributed by atoms with E-state index in [-0.39, 0.29) is 0 Å². The fourth-order valence-electron chi connectivity index (χ4n) is 3.58. The Balaban J connectivity index is 1.55. The van der Waals surface area contributed by atoms with Crippen molar-refractivity contribution in [1.29, 1.82) is 5.26 Å². The molecule has 0 saturated heterocycles. The van der Waals surface area contributed by atoms with E-state index in [0.29, 0.717) is 51.4 Å². The van der Waals surface area contributed by atoms with E-state index in [2.05, 4.69) is 16.4 Å². The zero-order chi connectivity index (χ0) is 27.1. The summed E-state index contributed by atoms with van der Waals surface area (Å²) in [5.74, 6) is 1.93. The van der Waals surface area contributed by atoms with Crippen molar-refractivity contribution >= 4 is 32.6 Å². The number of ether oxygens (including phenoxy) is 4. The van der Waals surface area contributed by atoms with Crippen molar-refractivity contribution in [3.63, 3.8) is 0 Å². The SMILES string of the molecule is COc1cc2nc(NC(=O)C(Oc3ccc(OCCN(C)C)cc3)c3ccc(C#N)cc3)sc2cc1OC. The molecule has 1 heterocycles. The zero-order valence-corrected chi connectivity index (χ0v) is 22.4. The Hall–Kier alpha value is -4.33. The van der Waals surface area contributed by atoms with Crippen LogP contribution < -0.4 is 24.3 Å². The Labute approximate surface area is 225 Å². The number of nitrogens with one attached hydrogen (secondary N) is 1. The molecule has 3 aromatic carbocycles. The summed E-state index contributed by atoms with van der Waals surface area (Å²) in [6.07, 6.45) is -0.987. The van der Waals surface area contributed by atoms with E-state index in [1.165, 1.54) is 11.3 Å². The van der Waals surface area contributed by atoms with Crippen LogP contribution in [0.4, 0.5) is 5.13 Å². The van der Waals surface area contributed by atoms with E-state index >= 15 is 0 Å². The van der Waals surface area contributed by atoms with Crippen LogP contribution in [0.5, 0.6) is 23.0 Å². The minimum atomic E-state index is -0.987. The normalized spacial score (nSPS) is 11.6. The summed E-state index contributed by atoms with van der Waals surface area (Å²) in [5, 5.41) is 12.4. The van der Waals surface area contributed by atoms with Crippen molar-refractivity contribution in [2.45, 2.75) is 6.10 Å². The third-order valence-corrected chi connectivity index (χ3v) is 6.52. The Morgan fingerprint density at radius 1 is 1.03 bits per heavy atom. The summed E-state index contributed by atoms with van der Waals surface area (Å²) in [7, 11) is 7.09. The van der Waals surface area contributed by atoms with Gasteiger partial charge in [0.1, 0.15) is 18.1 Å². The predicted octanol–water partition coefficient (Wildman–Crippen LogP) is 4.88. The van der Waals surface area contributed by atoms with E-state index < -0.39 is 12.0 Å². The number of rotatable bonds is 11. The fraction of sp³-hybridized carbons (Fsp3) is 0.250. The number of amides is 1. The number of carbonyl (C=O) groups excluding carboxylic acids is 1. The molecule has 4 rings (SSSR count). The maximum absolute atomic E-state index is 13.5. The highest BCUT2D eigenvalue weighted by Crippen LogP contribution is 2.36. The molecule has 0 aliphatic rings. The van der Waals surface area contributed by atoms with Crippen molar-refractivity contribution < 1.29 is 23.7 Å². The van der Waals surface area contributed by atoms with Gasteiger partial charge in [0, 0.05) is 24.2 Å². The van der Waals surface area contributed by atoms with Crippen LogP contribution >= 0.6 is 11.3 Å². The average molecular weight is 533 g/mol. The first kappa shape index (κ1) is 26.7. The number of hydrogen-bond donors (Lipinski definition) is 1. The van der Waals surface area contributed by atoms with E-state index in [0.717, 1.165) is 11.2 Å². The van der Waals surface area contributed by atoms with Crippen LogP contribution in [0.2, 0.25) is 0 Å². The second kappa shape index (κ2) is 12.3. The Kier molecular flexibility index (Phi) is 8.63. The number of likely N-dealkylation sites (N-methyl/N-ethyl adjacent to an activating group) is 1. The number of carbonyl (C=O) groups is 1. The fourth-order valence-corrected chi connectivity index (χ4v) is 4.46. The Morgan fingerprint density at radius 3 is 2.32 bits per heavy atom. The highest BCUT2D eigenvalue weighted by molar-refractivity contribution is 7.22. The number of nitrogens with zero attached hydrogens (tertiary/aromatic N) is 3. The van der Waals surface area contributed by atoms with Gasteiger partial charge in [-0.15, -0.1) is 0 Å². The summed E-state index contributed by atoms with van der Waals surface area (Å²) >= 11 is 1.31. The molecule has 0 aliphatic carbocycles. The van der Waals surface area contributed by atoms with Crippen LogP contribution in [0.25, 0.3) is 10.2 Å². The maximum atomic E-state index is 13.5. The summed E-state index contributed by atoms with van der Waals surface area (Å²) < 4.78 is 23.4. The van der Waals surface area contributed by atoms with Gasteiger partial charge in [0.25, 0.3) is 5.91 Å². The number of fused-ring (bicyclic) bond motifs is 1. The lowest BCUT2D eigenvalue weighted by atomic mass is 10.1. The van der Waals surface area contributed by atoms with Crippen molar-refractivity contribution in [2.24, 2.45) is 0 Å². The Bertz CT molecular complexity index is 1390. The molecule has 196 valence electrons. The molecule has 0 bridgehead atoms. The topological polar surface area (TPSA) is 106 Å². The number of benzene rings is 3. The summed E-state index contributed by atoms with van der Waals surface area (Å²) in [5.41, 5.74) is 1.75. The Morgan fingerprint density at radius 2 is 1.68 bits per heavy atom. The van der Waals surface area contributed by atoms with E-state index in [1.807, 2.05) is 25.1 Å². The van der Waals surface area contributed by atoms with Crippen LogP contribution in [0, 0.1) is 11.3 Å². The lowest BCUT2D eigenvalue weighted by molar-refractivity contribution is -0.123. The van der Waals surface area contributed by atoms with Crippen LogP contribution in [-0.4, -0.2) is 57.3 Å². The molecule has 0 saturated carbocycles. The molecule has 1 unspecified atom stereocenters. The highest BCUT2D eigenvalue weighted by Gasteiger charge is 2.24. The van der Waals surface area contributed by atoms with Crippen LogP contribution in [0.15, 0.2) is 60.7 Å². The van der Waals surface area contributed by atoms with Gasteiger partial charge in [-0.3, -0.25) is 10.1 Å². The van der Waals surface area contributed by atoms with Gasteiger partial charge in [-0.2, -0.15) is 5.26 Å². The number of anilines is 1. The first-order valence-corrected chi connectivity index (χ1v) is 12.6. The first-order chi connectivity index (χ1) is 18.4. The number of aromatic nitrogens is 1. The minimum absolute atomic E-state index is 0.404. The van der Waals surface area contributed by atoms with Gasteiger partial charge in [0.2, 0.25) is 6.10 Å². The standard InChI is InChI=1S/C28H28N4O5S/c1-32(2)13-14-36-20-9-11-21(12-10-20)37-26(19-7-5-18(17-29)6-8-19)27(33)31-28-30-22-15-23(34-3)24(35-4)16-25(22)38-28/h5-12,15-16,26H,13-14H2,1-4H3,(H,30,31,33). The summed E-state index contributed by atoms with van der Waals surface area (Å²) in [6, 6.07) is 19.5. The number of hydrogen-bond acceptors (Lipinski definition) is 9. The van der Waals surface area contributed by atoms with Gasteiger partial charge in [-0.1, -0.05) is 23.5 Å². The van der Waals surface area contributed by atoms with Gasteiger partial charge >= 0.3 is 0 Å². The second-order valence-corrected chi connectivity index (χ2v) is 9.57. The maximum Gasteiger partial charge on any atom is 0.271 e. The molecule has 0 spiro atoms. The molecule has 0 radical (unpaired) electrons. The van der Waals surface area contributed by atoms with Gasteiger partial charge in [-0.25, -0.2) is 4.98 Å². The number of nitriles is 1. The molecule has 1 atom stereocenters. The van der Waals surface area contributed by atoms with Crippen molar-refractivity contribution in [1.82, 2.24) is 9.88 Å². The third-order valence-electron chi connectivity index (χ3n) is 5.59. The van der Waals surface area contributed by atoms with E-state index in [9.17, 15) is 4.79 Å². The molecule has 0 fully saturated rings. The molecule has 4 aromatic rings. The van der Waals surface area contributed by atoms with E-state index in [4.69, 9.17) is 24.2 Å². The molecule has 10 heteroatoms. The molecular weight excluding hydrogens is 504 g/mol. The quantitative estimate of drug-likeness (QED) is 0.291. The minimum Gasteiger partial charge on any atom is -0.493 e. The lowest BCUT2D eigenvalue weighted by Gasteiger charge is -2.19. The second-order valence-electron chi connectivity index (χ2n) is 8.54. The van der Waals surface area contributed by atoms with Gasteiger partial charge in [-0.05, 0) is 50.5 Å². The molecule has 38 heavy (non-hydrogen) atoms. The van der Waals surface area contributed by atoms with Crippen molar-refractivity contribution in [2.75, 3.05) is 46.8 Å². The smallest absolute Gasteiger partial charge is 0.271 e.